The van der Waals surface area contributed by atoms with Crippen molar-refractivity contribution in [3.05, 3.63) is 29.8 Å². The highest BCUT2D eigenvalue weighted by molar-refractivity contribution is 6.18. The highest BCUT2D eigenvalue weighted by Crippen LogP contribution is 2.16. The van der Waals surface area contributed by atoms with Gasteiger partial charge < -0.3 is 4.74 Å². The molecule has 0 bridgehead atoms. The molecule has 0 saturated heterocycles. The quantitative estimate of drug-likeness (QED) is 0.708. The van der Waals surface area contributed by atoms with Crippen LogP contribution in [0, 0.1) is 17.6 Å². The number of ether oxygens (including phenoxy) is 1. The molecule has 0 aliphatic rings. The summed E-state index contributed by atoms with van der Waals surface area (Å²) in [6.45, 7) is 2.25. The molecular formula is C10H11ClF2O. The molecule has 1 atom stereocenters. The number of halogens is 3. The first-order valence-corrected chi connectivity index (χ1v) is 4.80. The van der Waals surface area contributed by atoms with Crippen molar-refractivity contribution in [2.24, 2.45) is 5.92 Å². The number of benzene rings is 1. The Morgan fingerprint density at radius 1 is 1.29 bits per heavy atom. The molecule has 0 saturated carbocycles. The predicted octanol–water partition coefficient (Wildman–Crippen LogP) is 3.22. The zero-order chi connectivity index (χ0) is 10.6. The minimum Gasteiger partial charge on any atom is -0.493 e. The molecule has 0 spiro atoms. The summed E-state index contributed by atoms with van der Waals surface area (Å²) in [5.74, 6) is -0.475. The molecule has 1 aromatic carbocycles. The van der Waals surface area contributed by atoms with Gasteiger partial charge >= 0.3 is 0 Å². The average Bonchev–Trinajstić information content (AvgIpc) is 2.12. The molecule has 0 fully saturated rings. The van der Waals surface area contributed by atoms with E-state index in [9.17, 15) is 8.78 Å². The highest BCUT2D eigenvalue weighted by Gasteiger charge is 2.04. The van der Waals surface area contributed by atoms with Gasteiger partial charge in [0.2, 0.25) is 0 Å². The SMILES string of the molecule is CC(CCl)COc1cc(F)cc(F)c1. The predicted molar refractivity (Wildman–Crippen MR) is 51.7 cm³/mol. The van der Waals surface area contributed by atoms with Gasteiger partial charge in [0.1, 0.15) is 17.4 Å². The molecule has 14 heavy (non-hydrogen) atoms. The number of alkyl halides is 1. The maximum absolute atomic E-state index is 12.7. The minimum atomic E-state index is -0.640. The van der Waals surface area contributed by atoms with Gasteiger partial charge in [0.15, 0.2) is 0 Å². The molecule has 1 nitrogen and oxygen atoms in total. The molecule has 1 rings (SSSR count). The van der Waals surface area contributed by atoms with Gasteiger partial charge in [-0.05, 0) is 0 Å². The van der Waals surface area contributed by atoms with Crippen LogP contribution in [0.5, 0.6) is 5.75 Å². The smallest absolute Gasteiger partial charge is 0.129 e. The normalized spacial score (nSPS) is 12.6. The molecule has 1 unspecified atom stereocenters. The van der Waals surface area contributed by atoms with E-state index in [1.54, 1.807) is 0 Å². The summed E-state index contributed by atoms with van der Waals surface area (Å²) in [4.78, 5) is 0. The van der Waals surface area contributed by atoms with Crippen LogP contribution in [0.2, 0.25) is 0 Å². The molecule has 1 aromatic rings. The number of hydrogen-bond acceptors (Lipinski definition) is 1. The topological polar surface area (TPSA) is 9.23 Å². The molecule has 0 N–H and O–H groups in total. The second-order valence-corrected chi connectivity index (χ2v) is 3.48. The Balaban J connectivity index is 2.58. The molecule has 4 heteroatoms. The van der Waals surface area contributed by atoms with Crippen molar-refractivity contribution < 1.29 is 13.5 Å². The Morgan fingerprint density at radius 2 is 1.86 bits per heavy atom. The largest absolute Gasteiger partial charge is 0.493 e. The number of rotatable bonds is 4. The zero-order valence-corrected chi connectivity index (χ0v) is 8.52. The summed E-state index contributed by atoms with van der Waals surface area (Å²) in [5.41, 5.74) is 0. The second-order valence-electron chi connectivity index (χ2n) is 3.18. The number of hydrogen-bond donors (Lipinski definition) is 0. The van der Waals surface area contributed by atoms with Crippen LogP contribution in [0.4, 0.5) is 8.78 Å². The molecule has 0 aliphatic heterocycles. The minimum absolute atomic E-state index is 0.156. The molecule has 0 heterocycles. The summed E-state index contributed by atoms with van der Waals surface area (Å²) in [7, 11) is 0. The lowest BCUT2D eigenvalue weighted by Crippen LogP contribution is -2.09. The average molecular weight is 221 g/mol. The summed E-state index contributed by atoms with van der Waals surface area (Å²) in [6.07, 6.45) is 0. The Kier molecular flexibility index (Phi) is 4.14. The van der Waals surface area contributed by atoms with E-state index in [4.69, 9.17) is 16.3 Å². The van der Waals surface area contributed by atoms with Crippen LogP contribution in [0.1, 0.15) is 6.92 Å². The Labute approximate surface area is 86.6 Å². The van der Waals surface area contributed by atoms with E-state index >= 15 is 0 Å². The third kappa shape index (κ3) is 3.50. The third-order valence-electron chi connectivity index (χ3n) is 1.63. The lowest BCUT2D eigenvalue weighted by molar-refractivity contribution is 0.270. The van der Waals surface area contributed by atoms with Crippen LogP contribution < -0.4 is 4.74 Å². The third-order valence-corrected chi connectivity index (χ3v) is 2.16. The van der Waals surface area contributed by atoms with Crippen molar-refractivity contribution in [2.45, 2.75) is 6.92 Å². The van der Waals surface area contributed by atoms with Gasteiger partial charge in [-0.2, -0.15) is 0 Å². The van der Waals surface area contributed by atoms with Gasteiger partial charge in [-0.15, -0.1) is 11.6 Å². The standard InChI is InChI=1S/C10H11ClF2O/c1-7(5-11)6-14-10-3-8(12)2-9(13)4-10/h2-4,7H,5-6H2,1H3. The monoisotopic (exact) mass is 220 g/mol. The van der Waals surface area contributed by atoms with E-state index in [0.717, 1.165) is 18.2 Å². The lowest BCUT2D eigenvalue weighted by Gasteiger charge is -2.10. The fraction of sp³-hybridized carbons (Fsp3) is 0.400. The first-order valence-electron chi connectivity index (χ1n) is 4.26. The van der Waals surface area contributed by atoms with Crippen LogP contribution in [-0.2, 0) is 0 Å². The Bertz CT molecular complexity index is 284. The van der Waals surface area contributed by atoms with Crippen LogP contribution >= 0.6 is 11.6 Å². The van der Waals surface area contributed by atoms with Gasteiger partial charge in [-0.1, -0.05) is 6.92 Å². The van der Waals surface area contributed by atoms with E-state index in [-0.39, 0.29) is 11.7 Å². The highest BCUT2D eigenvalue weighted by atomic mass is 35.5. The van der Waals surface area contributed by atoms with E-state index in [0.29, 0.717) is 12.5 Å². The van der Waals surface area contributed by atoms with E-state index in [1.165, 1.54) is 0 Å². The van der Waals surface area contributed by atoms with Crippen LogP contribution in [-0.4, -0.2) is 12.5 Å². The Morgan fingerprint density at radius 3 is 2.36 bits per heavy atom. The van der Waals surface area contributed by atoms with Crippen LogP contribution in [0.15, 0.2) is 18.2 Å². The van der Waals surface area contributed by atoms with Gasteiger partial charge in [0.05, 0.1) is 6.61 Å². The van der Waals surface area contributed by atoms with E-state index < -0.39 is 11.6 Å². The molecule has 0 amide bonds. The maximum Gasteiger partial charge on any atom is 0.129 e. The van der Waals surface area contributed by atoms with Crippen LogP contribution in [0.3, 0.4) is 0 Å². The lowest BCUT2D eigenvalue weighted by atomic mass is 10.2. The van der Waals surface area contributed by atoms with Crippen molar-refractivity contribution in [1.82, 2.24) is 0 Å². The van der Waals surface area contributed by atoms with Crippen LogP contribution in [0.25, 0.3) is 0 Å². The van der Waals surface area contributed by atoms with Crippen molar-refractivity contribution >= 4 is 11.6 Å². The van der Waals surface area contributed by atoms with Gasteiger partial charge in [-0.3, -0.25) is 0 Å². The second kappa shape index (κ2) is 5.15. The summed E-state index contributed by atoms with van der Waals surface area (Å²) in [6, 6.07) is 3.09. The van der Waals surface area contributed by atoms with E-state index in [2.05, 4.69) is 0 Å². The fourth-order valence-electron chi connectivity index (χ4n) is 0.895. The van der Waals surface area contributed by atoms with Crippen molar-refractivity contribution in [2.75, 3.05) is 12.5 Å². The van der Waals surface area contributed by atoms with Crippen molar-refractivity contribution in [3.8, 4) is 5.75 Å². The summed E-state index contributed by atoms with van der Waals surface area (Å²) >= 11 is 5.55. The molecule has 0 aromatic heterocycles. The molecular weight excluding hydrogens is 210 g/mol. The van der Waals surface area contributed by atoms with Gasteiger partial charge in [0.25, 0.3) is 0 Å². The summed E-state index contributed by atoms with van der Waals surface area (Å²) in [5, 5.41) is 0. The first kappa shape index (κ1) is 11.2. The first-order chi connectivity index (χ1) is 6.61. The zero-order valence-electron chi connectivity index (χ0n) is 7.77. The van der Waals surface area contributed by atoms with Crippen molar-refractivity contribution in [1.29, 1.82) is 0 Å². The van der Waals surface area contributed by atoms with Gasteiger partial charge in [-0.25, -0.2) is 8.78 Å². The summed E-state index contributed by atoms with van der Waals surface area (Å²) < 4.78 is 30.5. The fourth-order valence-corrected chi connectivity index (χ4v) is 0.984. The van der Waals surface area contributed by atoms with E-state index in [1.807, 2.05) is 6.92 Å². The molecule has 0 aliphatic carbocycles. The van der Waals surface area contributed by atoms with Crippen molar-refractivity contribution in [3.63, 3.8) is 0 Å². The molecule has 78 valence electrons. The maximum atomic E-state index is 12.7. The Hall–Kier alpha value is -0.830. The molecule has 0 radical (unpaired) electrons. The van der Waals surface area contributed by atoms with Gasteiger partial charge in [0, 0.05) is 30.0 Å².